The van der Waals surface area contributed by atoms with Crippen LogP contribution in [-0.2, 0) is 9.53 Å². The fourth-order valence-electron chi connectivity index (χ4n) is 3.86. The monoisotopic (exact) mass is 371 g/mol. The lowest BCUT2D eigenvalue weighted by Gasteiger charge is -2.35. The van der Waals surface area contributed by atoms with Gasteiger partial charge in [0.15, 0.2) is 0 Å². The molecule has 2 atom stereocenters. The summed E-state index contributed by atoms with van der Waals surface area (Å²) in [7, 11) is 0. The quantitative estimate of drug-likeness (QED) is 0.781. The first-order valence-electron chi connectivity index (χ1n) is 9.74. The second kappa shape index (κ2) is 8.57. The van der Waals surface area contributed by atoms with Crippen molar-refractivity contribution in [2.75, 3.05) is 26.2 Å². The van der Waals surface area contributed by atoms with E-state index in [9.17, 15) is 9.59 Å². The summed E-state index contributed by atoms with van der Waals surface area (Å²) in [4.78, 5) is 27.4. The molecule has 1 aromatic rings. The lowest BCUT2D eigenvalue weighted by molar-refractivity contribution is -0.139. The third-order valence-corrected chi connectivity index (χ3v) is 5.18. The Morgan fingerprint density at radius 3 is 2.70 bits per heavy atom. The van der Waals surface area contributed by atoms with E-state index in [0.29, 0.717) is 30.3 Å². The highest BCUT2D eigenvalue weighted by atomic mass is 16.5. The fourth-order valence-corrected chi connectivity index (χ4v) is 3.86. The van der Waals surface area contributed by atoms with Crippen LogP contribution in [0.2, 0.25) is 0 Å². The third kappa shape index (κ3) is 4.69. The van der Waals surface area contributed by atoms with Gasteiger partial charge in [-0.1, -0.05) is 36.8 Å². The second-order valence-electron chi connectivity index (χ2n) is 7.54. The maximum Gasteiger partial charge on any atom is 0.338 e. The van der Waals surface area contributed by atoms with Gasteiger partial charge in [-0.05, 0) is 44.7 Å². The minimum Gasteiger partial charge on any atom is -0.463 e. The zero-order valence-corrected chi connectivity index (χ0v) is 16.4. The number of aryl methyl sites for hydroxylation is 1. The van der Waals surface area contributed by atoms with Crippen LogP contribution in [0.1, 0.15) is 43.9 Å². The van der Waals surface area contributed by atoms with Crippen molar-refractivity contribution < 1.29 is 14.3 Å². The molecule has 6 heteroatoms. The maximum atomic E-state index is 12.8. The van der Waals surface area contributed by atoms with Gasteiger partial charge in [-0.3, -0.25) is 4.90 Å². The minimum atomic E-state index is -0.504. The minimum absolute atomic E-state index is 0.284. The molecule has 2 heterocycles. The summed E-state index contributed by atoms with van der Waals surface area (Å²) in [6.07, 6.45) is 2.36. The first-order valence-corrected chi connectivity index (χ1v) is 9.74. The number of nitrogens with one attached hydrogen (secondary N) is 2. The van der Waals surface area contributed by atoms with Crippen molar-refractivity contribution in [3.05, 3.63) is 46.7 Å². The topological polar surface area (TPSA) is 70.7 Å². The van der Waals surface area contributed by atoms with E-state index in [1.165, 1.54) is 6.42 Å². The molecular weight excluding hydrogens is 342 g/mol. The highest BCUT2D eigenvalue weighted by Gasteiger charge is 2.34. The van der Waals surface area contributed by atoms with Gasteiger partial charge in [0, 0.05) is 18.8 Å². The van der Waals surface area contributed by atoms with E-state index in [2.05, 4.69) is 22.5 Å². The van der Waals surface area contributed by atoms with Gasteiger partial charge in [-0.2, -0.15) is 0 Å². The van der Waals surface area contributed by atoms with Crippen LogP contribution in [0.3, 0.4) is 0 Å². The number of piperidine rings is 1. The van der Waals surface area contributed by atoms with Gasteiger partial charge in [-0.15, -0.1) is 0 Å². The first kappa shape index (κ1) is 19.4. The number of likely N-dealkylation sites (tertiary alicyclic amines) is 1. The summed E-state index contributed by atoms with van der Waals surface area (Å²) in [6, 6.07) is 7.08. The maximum absolute atomic E-state index is 12.8. The summed E-state index contributed by atoms with van der Waals surface area (Å²) >= 11 is 0. The lowest BCUT2D eigenvalue weighted by Crippen LogP contribution is -2.49. The highest BCUT2D eigenvalue weighted by Crippen LogP contribution is 2.29. The molecule has 1 saturated heterocycles. The standard InChI is InChI=1S/C21H29N3O3/c1-4-27-20(25)18-17(13-24-11-5-6-15(3)12-24)22-21(26)23-19(18)16-9-7-14(2)8-10-16/h7-10,15,19H,4-6,11-13H2,1-3H3,(H2,22,23,26)/t15-,19-/m0/s1. The molecule has 0 aromatic heterocycles. The Morgan fingerprint density at radius 1 is 1.30 bits per heavy atom. The number of carbonyl (C=O) groups excluding carboxylic acids is 2. The number of hydrogen-bond acceptors (Lipinski definition) is 4. The van der Waals surface area contributed by atoms with Gasteiger partial charge in [0.1, 0.15) is 0 Å². The average Bonchev–Trinajstić information content (AvgIpc) is 2.62. The Balaban J connectivity index is 1.96. The van der Waals surface area contributed by atoms with Crippen molar-refractivity contribution in [3.63, 3.8) is 0 Å². The van der Waals surface area contributed by atoms with Crippen LogP contribution >= 0.6 is 0 Å². The molecule has 2 amide bonds. The molecular formula is C21H29N3O3. The highest BCUT2D eigenvalue weighted by molar-refractivity contribution is 5.95. The van der Waals surface area contributed by atoms with Crippen LogP contribution in [0, 0.1) is 12.8 Å². The van der Waals surface area contributed by atoms with Crippen molar-refractivity contribution in [1.29, 1.82) is 0 Å². The SMILES string of the molecule is CCOC(=O)C1=C(CN2CCC[C@H](C)C2)NC(=O)N[C@H]1c1ccc(C)cc1. The van der Waals surface area contributed by atoms with Gasteiger partial charge in [0.05, 0.1) is 18.2 Å². The van der Waals surface area contributed by atoms with E-state index in [0.717, 1.165) is 30.6 Å². The molecule has 0 unspecified atom stereocenters. The number of rotatable bonds is 5. The van der Waals surface area contributed by atoms with E-state index >= 15 is 0 Å². The molecule has 1 aromatic carbocycles. The predicted molar refractivity (Wildman–Crippen MR) is 104 cm³/mol. The summed E-state index contributed by atoms with van der Waals surface area (Å²) < 4.78 is 5.33. The van der Waals surface area contributed by atoms with Crippen LogP contribution in [0.5, 0.6) is 0 Å². The Hall–Kier alpha value is -2.34. The Kier molecular flexibility index (Phi) is 6.16. The van der Waals surface area contributed by atoms with E-state index < -0.39 is 6.04 Å². The summed E-state index contributed by atoms with van der Waals surface area (Å²) in [5.41, 5.74) is 3.15. The van der Waals surface area contributed by atoms with Gasteiger partial charge >= 0.3 is 12.0 Å². The van der Waals surface area contributed by atoms with Crippen LogP contribution in [-0.4, -0.2) is 43.1 Å². The molecule has 0 bridgehead atoms. The van der Waals surface area contributed by atoms with E-state index in [1.54, 1.807) is 6.92 Å². The molecule has 146 valence electrons. The van der Waals surface area contributed by atoms with Crippen molar-refractivity contribution in [3.8, 4) is 0 Å². The van der Waals surface area contributed by atoms with Crippen molar-refractivity contribution in [2.45, 2.75) is 39.7 Å². The van der Waals surface area contributed by atoms with E-state index in [-0.39, 0.29) is 12.0 Å². The van der Waals surface area contributed by atoms with Crippen LogP contribution in [0.15, 0.2) is 35.5 Å². The number of urea groups is 1. The van der Waals surface area contributed by atoms with Gasteiger partial charge in [0.25, 0.3) is 0 Å². The third-order valence-electron chi connectivity index (χ3n) is 5.18. The molecule has 2 aliphatic heterocycles. The average molecular weight is 371 g/mol. The molecule has 0 aliphatic carbocycles. The molecule has 0 radical (unpaired) electrons. The molecule has 6 nitrogen and oxygen atoms in total. The first-order chi connectivity index (χ1) is 13.0. The number of carbonyl (C=O) groups is 2. The number of nitrogens with zero attached hydrogens (tertiary/aromatic N) is 1. The Morgan fingerprint density at radius 2 is 2.04 bits per heavy atom. The summed E-state index contributed by atoms with van der Waals surface area (Å²) in [5, 5.41) is 5.76. The predicted octanol–water partition coefficient (Wildman–Crippen LogP) is 2.90. The second-order valence-corrected chi connectivity index (χ2v) is 7.54. The molecule has 2 N–H and O–H groups in total. The van der Waals surface area contributed by atoms with Crippen LogP contribution in [0.25, 0.3) is 0 Å². The van der Waals surface area contributed by atoms with E-state index in [4.69, 9.17) is 4.74 Å². The Labute approximate surface area is 161 Å². The number of amides is 2. The normalized spacial score (nSPS) is 23.6. The molecule has 27 heavy (non-hydrogen) atoms. The molecule has 1 fully saturated rings. The number of hydrogen-bond donors (Lipinski definition) is 2. The Bertz CT molecular complexity index is 727. The fraction of sp³-hybridized carbons (Fsp3) is 0.524. The zero-order valence-electron chi connectivity index (χ0n) is 16.4. The van der Waals surface area contributed by atoms with E-state index in [1.807, 2.05) is 31.2 Å². The van der Waals surface area contributed by atoms with Crippen molar-refractivity contribution in [2.24, 2.45) is 5.92 Å². The smallest absolute Gasteiger partial charge is 0.338 e. The zero-order chi connectivity index (χ0) is 19.4. The number of benzene rings is 1. The largest absolute Gasteiger partial charge is 0.463 e. The van der Waals surface area contributed by atoms with Crippen molar-refractivity contribution in [1.82, 2.24) is 15.5 Å². The number of ether oxygens (including phenoxy) is 1. The lowest BCUT2D eigenvalue weighted by atomic mass is 9.93. The molecule has 2 aliphatic rings. The molecule has 3 rings (SSSR count). The van der Waals surface area contributed by atoms with Crippen LogP contribution < -0.4 is 10.6 Å². The summed E-state index contributed by atoms with van der Waals surface area (Å²) in [5.74, 6) is 0.242. The van der Waals surface area contributed by atoms with Gasteiger partial charge in [-0.25, -0.2) is 9.59 Å². The van der Waals surface area contributed by atoms with Gasteiger partial charge < -0.3 is 15.4 Å². The molecule has 0 spiro atoms. The molecule has 0 saturated carbocycles. The van der Waals surface area contributed by atoms with Crippen molar-refractivity contribution >= 4 is 12.0 Å². The van der Waals surface area contributed by atoms with Gasteiger partial charge in [0.2, 0.25) is 0 Å². The van der Waals surface area contributed by atoms with Crippen LogP contribution in [0.4, 0.5) is 4.79 Å². The number of esters is 1. The summed E-state index contributed by atoms with van der Waals surface area (Å²) in [6.45, 7) is 8.83.